The van der Waals surface area contributed by atoms with E-state index < -0.39 is 0 Å². The van der Waals surface area contributed by atoms with Crippen molar-refractivity contribution < 1.29 is 4.79 Å². The van der Waals surface area contributed by atoms with Gasteiger partial charge in [-0.05, 0) is 12.8 Å². The lowest BCUT2D eigenvalue weighted by atomic mass is 9.97. The van der Waals surface area contributed by atoms with E-state index in [0.717, 1.165) is 12.8 Å². The first kappa shape index (κ1) is 13.6. The van der Waals surface area contributed by atoms with Gasteiger partial charge in [-0.2, -0.15) is 0 Å². The SMILES string of the molecule is [B]C(=O)NC1CCCCCCCCCCC1. The van der Waals surface area contributed by atoms with E-state index in [9.17, 15) is 4.79 Å². The summed E-state index contributed by atoms with van der Waals surface area (Å²) in [6.45, 7) is 0. The van der Waals surface area contributed by atoms with Crippen molar-refractivity contribution >= 4 is 13.7 Å². The molecule has 1 N–H and O–H groups in total. The summed E-state index contributed by atoms with van der Waals surface area (Å²) in [5, 5.41) is 2.87. The Kier molecular flexibility index (Phi) is 7.36. The molecule has 1 aliphatic rings. The molecule has 1 aliphatic carbocycles. The number of nitrogens with one attached hydrogen (secondary N) is 1. The topological polar surface area (TPSA) is 29.1 Å². The summed E-state index contributed by atoms with van der Waals surface area (Å²) in [6, 6.07) is 0.317. The van der Waals surface area contributed by atoms with E-state index in [-0.39, 0.29) is 5.81 Å². The van der Waals surface area contributed by atoms with Gasteiger partial charge in [0.15, 0.2) is 5.81 Å². The molecular weight excluding hydrogens is 197 g/mol. The Balaban J connectivity index is 2.27. The lowest BCUT2D eigenvalue weighted by Gasteiger charge is -2.18. The summed E-state index contributed by atoms with van der Waals surface area (Å²) in [6.07, 6.45) is 14.1. The van der Waals surface area contributed by atoms with E-state index in [2.05, 4.69) is 5.32 Å². The van der Waals surface area contributed by atoms with E-state index in [1.54, 1.807) is 0 Å². The maximum absolute atomic E-state index is 10.9. The van der Waals surface area contributed by atoms with Gasteiger partial charge in [-0.1, -0.05) is 57.8 Å². The molecule has 1 fully saturated rings. The van der Waals surface area contributed by atoms with E-state index in [0.29, 0.717) is 6.04 Å². The zero-order valence-electron chi connectivity index (χ0n) is 10.3. The van der Waals surface area contributed by atoms with E-state index in [1.807, 2.05) is 0 Å². The van der Waals surface area contributed by atoms with Gasteiger partial charge in [0.1, 0.15) is 0 Å². The summed E-state index contributed by atoms with van der Waals surface area (Å²) < 4.78 is 0. The quantitative estimate of drug-likeness (QED) is 0.674. The van der Waals surface area contributed by atoms with Crippen molar-refractivity contribution in [1.29, 1.82) is 0 Å². The highest BCUT2D eigenvalue weighted by Crippen LogP contribution is 2.16. The highest BCUT2D eigenvalue weighted by Gasteiger charge is 2.09. The molecule has 3 heteroatoms. The summed E-state index contributed by atoms with van der Waals surface area (Å²) in [5.74, 6) is -0.364. The highest BCUT2D eigenvalue weighted by atomic mass is 16.1. The zero-order chi connectivity index (χ0) is 11.6. The van der Waals surface area contributed by atoms with Gasteiger partial charge in [-0.3, -0.25) is 4.79 Å². The smallest absolute Gasteiger partial charge is 0.200 e. The molecule has 0 bridgehead atoms. The first-order chi connectivity index (χ1) is 7.79. The summed E-state index contributed by atoms with van der Waals surface area (Å²) in [7, 11) is 5.19. The Labute approximate surface area is 101 Å². The van der Waals surface area contributed by atoms with Gasteiger partial charge in [0.25, 0.3) is 0 Å². The second-order valence-corrected chi connectivity index (χ2v) is 4.96. The minimum Gasteiger partial charge on any atom is -0.363 e. The Bertz CT molecular complexity index is 184. The molecule has 1 saturated carbocycles. The maximum atomic E-state index is 10.9. The Morgan fingerprint density at radius 3 is 1.56 bits per heavy atom. The first-order valence-electron chi connectivity index (χ1n) is 6.85. The van der Waals surface area contributed by atoms with Crippen LogP contribution in [0, 0.1) is 0 Å². The highest BCUT2D eigenvalue weighted by molar-refractivity contribution is 6.57. The van der Waals surface area contributed by atoms with Crippen molar-refractivity contribution in [3.63, 3.8) is 0 Å². The van der Waals surface area contributed by atoms with E-state index >= 15 is 0 Å². The molecule has 0 aromatic rings. The molecule has 1 rings (SSSR count). The molecule has 0 atom stereocenters. The van der Waals surface area contributed by atoms with Crippen molar-refractivity contribution in [3.05, 3.63) is 0 Å². The third-order valence-corrected chi connectivity index (χ3v) is 3.45. The molecule has 0 aromatic carbocycles. The predicted octanol–water partition coefficient (Wildman–Crippen LogP) is 3.54. The summed E-state index contributed by atoms with van der Waals surface area (Å²) in [4.78, 5) is 10.9. The minimum absolute atomic E-state index is 0.317. The third-order valence-electron chi connectivity index (χ3n) is 3.45. The van der Waals surface area contributed by atoms with Crippen LogP contribution in [0.25, 0.3) is 0 Å². The van der Waals surface area contributed by atoms with E-state index in [1.165, 1.54) is 57.8 Å². The monoisotopic (exact) mass is 221 g/mol. The van der Waals surface area contributed by atoms with Crippen LogP contribution in [0.4, 0.5) is 4.79 Å². The standard InChI is InChI=1S/C13H24BNO/c14-13(16)15-12-10-8-6-4-2-1-3-5-7-9-11-12/h12H,1-11H2,(H,15,16). The van der Waals surface area contributed by atoms with Crippen LogP contribution in [0.2, 0.25) is 0 Å². The Morgan fingerprint density at radius 1 is 0.812 bits per heavy atom. The number of carbonyl (C=O) groups is 1. The molecule has 0 unspecified atom stereocenters. The third kappa shape index (κ3) is 6.92. The molecule has 0 aliphatic heterocycles. The van der Waals surface area contributed by atoms with Crippen LogP contribution >= 0.6 is 0 Å². The fraction of sp³-hybridized carbons (Fsp3) is 0.923. The van der Waals surface area contributed by atoms with Crippen molar-refractivity contribution in [2.45, 2.75) is 76.7 Å². The number of carbonyl (C=O) groups excluding carboxylic acids is 1. The van der Waals surface area contributed by atoms with Crippen LogP contribution in [0.5, 0.6) is 0 Å². The Hall–Kier alpha value is -0.465. The zero-order valence-corrected chi connectivity index (χ0v) is 10.3. The van der Waals surface area contributed by atoms with Crippen molar-refractivity contribution in [2.24, 2.45) is 0 Å². The fourth-order valence-electron chi connectivity index (χ4n) is 2.51. The summed E-state index contributed by atoms with van der Waals surface area (Å²) >= 11 is 0. The fourth-order valence-corrected chi connectivity index (χ4v) is 2.51. The molecule has 2 nitrogen and oxygen atoms in total. The van der Waals surface area contributed by atoms with Crippen LogP contribution in [-0.2, 0) is 0 Å². The second-order valence-electron chi connectivity index (χ2n) is 4.96. The van der Waals surface area contributed by atoms with Crippen LogP contribution in [0.3, 0.4) is 0 Å². The van der Waals surface area contributed by atoms with Crippen molar-refractivity contribution in [3.8, 4) is 0 Å². The number of hydrogen-bond donors (Lipinski definition) is 1. The van der Waals surface area contributed by atoms with Gasteiger partial charge in [-0.25, -0.2) is 0 Å². The molecule has 0 heterocycles. The van der Waals surface area contributed by atoms with Crippen molar-refractivity contribution in [2.75, 3.05) is 0 Å². The van der Waals surface area contributed by atoms with Crippen LogP contribution in [0.15, 0.2) is 0 Å². The average molecular weight is 221 g/mol. The molecule has 1 amide bonds. The molecule has 16 heavy (non-hydrogen) atoms. The predicted molar refractivity (Wildman–Crippen MR) is 68.9 cm³/mol. The van der Waals surface area contributed by atoms with Crippen LogP contribution in [-0.4, -0.2) is 19.7 Å². The molecule has 0 spiro atoms. The average Bonchev–Trinajstić information content (AvgIpc) is 2.21. The normalized spacial score (nSPS) is 21.8. The molecule has 0 saturated heterocycles. The van der Waals surface area contributed by atoms with Gasteiger partial charge in [0.2, 0.25) is 7.85 Å². The molecule has 2 radical (unpaired) electrons. The number of hydrogen-bond acceptors (Lipinski definition) is 1. The molecule has 90 valence electrons. The van der Waals surface area contributed by atoms with Gasteiger partial charge in [-0.15, -0.1) is 0 Å². The van der Waals surface area contributed by atoms with Gasteiger partial charge >= 0.3 is 0 Å². The van der Waals surface area contributed by atoms with Crippen LogP contribution < -0.4 is 5.32 Å². The molecule has 0 aromatic heterocycles. The maximum Gasteiger partial charge on any atom is 0.200 e. The van der Waals surface area contributed by atoms with Gasteiger partial charge in [0, 0.05) is 6.04 Å². The van der Waals surface area contributed by atoms with Crippen molar-refractivity contribution in [1.82, 2.24) is 5.32 Å². The van der Waals surface area contributed by atoms with Gasteiger partial charge < -0.3 is 5.32 Å². The lowest BCUT2D eigenvalue weighted by Crippen LogP contribution is -2.33. The summed E-state index contributed by atoms with van der Waals surface area (Å²) in [5.41, 5.74) is 0. The number of amides is 1. The molecular formula is C13H24BNO. The Morgan fingerprint density at radius 2 is 1.19 bits per heavy atom. The van der Waals surface area contributed by atoms with Gasteiger partial charge in [0.05, 0.1) is 0 Å². The lowest BCUT2D eigenvalue weighted by molar-refractivity contribution is 0.254. The second kappa shape index (κ2) is 8.66. The van der Waals surface area contributed by atoms with Crippen LogP contribution in [0.1, 0.15) is 70.6 Å². The first-order valence-corrected chi connectivity index (χ1v) is 6.85. The van der Waals surface area contributed by atoms with E-state index in [4.69, 9.17) is 7.85 Å². The minimum atomic E-state index is -0.364. The largest absolute Gasteiger partial charge is 0.363 e. The number of rotatable bonds is 1.